The minimum Gasteiger partial charge on any atom is -0.387 e. The lowest BCUT2D eigenvalue weighted by Gasteiger charge is -2.25. The molecule has 3 atom stereocenters. The zero-order chi connectivity index (χ0) is 60.5. The lowest BCUT2D eigenvalue weighted by atomic mass is 10.0. The molecule has 0 spiro atoms. The van der Waals surface area contributed by atoms with Gasteiger partial charge < -0.3 is 19.8 Å². The fourth-order valence-corrected chi connectivity index (χ4v) is 12.4. The van der Waals surface area contributed by atoms with Crippen LogP contribution < -0.4 is 5.32 Å². The summed E-state index contributed by atoms with van der Waals surface area (Å²) >= 11 is 0. The number of aliphatic hydroxyl groups excluding tert-OH is 1. The van der Waals surface area contributed by atoms with Crippen LogP contribution in [0.3, 0.4) is 0 Å². The number of phosphoric acid groups is 1. The Hall–Kier alpha value is -1.02. The van der Waals surface area contributed by atoms with Crippen LogP contribution in [0.2, 0.25) is 0 Å². The molecule has 8 nitrogen and oxygen atoms in total. The van der Waals surface area contributed by atoms with Crippen LogP contribution in [0.4, 0.5) is 0 Å². The van der Waals surface area contributed by atoms with Gasteiger partial charge in [0.1, 0.15) is 13.2 Å². The number of unbranched alkanes of at least 4 members (excludes halogenated alkanes) is 55. The van der Waals surface area contributed by atoms with E-state index >= 15 is 0 Å². The van der Waals surface area contributed by atoms with Crippen molar-refractivity contribution in [3.05, 3.63) is 24.3 Å². The van der Waals surface area contributed by atoms with Crippen LogP contribution in [0.15, 0.2) is 24.3 Å². The third-order valence-corrected chi connectivity index (χ3v) is 18.4. The van der Waals surface area contributed by atoms with Crippen LogP contribution in [-0.4, -0.2) is 73.4 Å². The number of carbonyl (C=O) groups excluding carboxylic acids is 1. The van der Waals surface area contributed by atoms with Gasteiger partial charge in [0.2, 0.25) is 5.91 Å². The molecule has 0 fully saturated rings. The number of rotatable bonds is 70. The van der Waals surface area contributed by atoms with Crippen LogP contribution in [-0.2, 0) is 18.4 Å². The third-order valence-electron chi connectivity index (χ3n) is 17.4. The molecule has 0 aromatic carbocycles. The van der Waals surface area contributed by atoms with Gasteiger partial charge in [0.15, 0.2) is 0 Å². The van der Waals surface area contributed by atoms with Crippen LogP contribution in [0.25, 0.3) is 0 Å². The fourth-order valence-electron chi connectivity index (χ4n) is 11.7. The molecule has 9 heteroatoms. The molecule has 0 aromatic heterocycles. The van der Waals surface area contributed by atoms with Crippen molar-refractivity contribution in [3.63, 3.8) is 0 Å². The summed E-state index contributed by atoms with van der Waals surface area (Å²) in [6.45, 7) is 4.87. The number of amides is 1. The van der Waals surface area contributed by atoms with E-state index in [9.17, 15) is 19.4 Å². The quantitative estimate of drug-likeness (QED) is 0.0243. The number of allylic oxidation sites excluding steroid dienone is 3. The van der Waals surface area contributed by atoms with Crippen molar-refractivity contribution in [2.75, 3.05) is 40.9 Å². The highest BCUT2D eigenvalue weighted by molar-refractivity contribution is 7.47. The first kappa shape index (κ1) is 82.0. The number of aliphatic hydroxyl groups is 1. The molecule has 1 amide bonds. The Morgan fingerprint density at radius 2 is 0.663 bits per heavy atom. The first-order valence-electron chi connectivity index (χ1n) is 37.2. The van der Waals surface area contributed by atoms with Gasteiger partial charge in [-0.25, -0.2) is 4.57 Å². The molecule has 0 aromatic rings. The van der Waals surface area contributed by atoms with E-state index < -0.39 is 20.0 Å². The summed E-state index contributed by atoms with van der Waals surface area (Å²) in [5.41, 5.74) is 0. The van der Waals surface area contributed by atoms with Gasteiger partial charge in [-0.3, -0.25) is 13.8 Å². The number of phosphoric ester groups is 1. The Morgan fingerprint density at radius 1 is 0.398 bits per heavy atom. The lowest BCUT2D eigenvalue weighted by Crippen LogP contribution is -2.45. The molecular weight excluding hydrogens is 1040 g/mol. The van der Waals surface area contributed by atoms with Gasteiger partial charge in [-0.05, 0) is 32.1 Å². The van der Waals surface area contributed by atoms with Gasteiger partial charge in [0, 0.05) is 6.42 Å². The second-order valence-corrected chi connectivity index (χ2v) is 28.5. The number of nitrogens with one attached hydrogen (secondary N) is 1. The molecule has 0 heterocycles. The van der Waals surface area contributed by atoms with Crippen LogP contribution in [0.1, 0.15) is 393 Å². The summed E-state index contributed by atoms with van der Waals surface area (Å²) in [6.07, 6.45) is 86.5. The second kappa shape index (κ2) is 65.4. The number of hydrogen-bond acceptors (Lipinski definition) is 5. The Morgan fingerprint density at radius 3 is 0.964 bits per heavy atom. The number of nitrogens with zero attached hydrogens (tertiary/aromatic N) is 1. The SMILES string of the molecule is CCCCCCCCCCCCCCCCCCCCC/C=C/CC/C=C/C(O)C(COP(=O)(O)OCC[N+](C)(C)C)NC(=O)CCCCCCCCCCCCCCCCCCCCCCCCCCCCCCCCCCCCCC. The number of hydrogen-bond donors (Lipinski definition) is 3. The van der Waals surface area contributed by atoms with Crippen molar-refractivity contribution >= 4 is 13.7 Å². The van der Waals surface area contributed by atoms with E-state index in [1.54, 1.807) is 6.08 Å². The van der Waals surface area contributed by atoms with E-state index in [2.05, 4.69) is 31.3 Å². The minimum absolute atomic E-state index is 0.0591. The molecule has 0 saturated carbocycles. The van der Waals surface area contributed by atoms with Crippen molar-refractivity contribution in [2.45, 2.75) is 405 Å². The number of quaternary nitrogens is 1. The Labute approximate surface area is 519 Å². The van der Waals surface area contributed by atoms with Crippen LogP contribution >= 0.6 is 7.82 Å². The van der Waals surface area contributed by atoms with Gasteiger partial charge in [-0.1, -0.05) is 378 Å². The third kappa shape index (κ3) is 68.3. The fraction of sp³-hybridized carbons (Fsp3) is 0.932. The minimum atomic E-state index is -4.36. The maximum atomic E-state index is 13.1. The lowest BCUT2D eigenvalue weighted by molar-refractivity contribution is -0.870. The second-order valence-electron chi connectivity index (χ2n) is 27.0. The maximum absolute atomic E-state index is 13.1. The zero-order valence-corrected chi connectivity index (χ0v) is 57.6. The summed E-state index contributed by atoms with van der Waals surface area (Å²) in [5, 5.41) is 14.0. The monoisotopic (exact) mass is 1190 g/mol. The molecule has 0 bridgehead atoms. The standard InChI is InChI=1S/C74H147N2O6P/c1-6-8-10-12-14-16-18-20-22-24-26-28-30-32-33-34-35-36-37-38-39-40-41-42-44-46-48-50-52-54-56-58-60-62-64-66-68-74(78)75-72(71-82-83(79,80)81-70-69-76(3,4)5)73(77)67-65-63-61-59-57-55-53-51-49-47-45-43-31-29-27-25-23-21-19-17-15-13-11-9-7-2/h57,59,65,67,72-73,77H,6-56,58,60-64,66,68-71H2,1-5H3,(H-,75,78,79,80)/p+1/b59-57+,67-65+. The zero-order valence-electron chi connectivity index (χ0n) is 56.7. The Balaban J connectivity index is 3.98. The molecular formula is C74H148N2O6P+. The van der Waals surface area contributed by atoms with E-state index in [1.165, 1.54) is 334 Å². The molecule has 0 radical (unpaired) electrons. The average molecular weight is 1190 g/mol. The van der Waals surface area contributed by atoms with E-state index in [1.807, 2.05) is 27.2 Å². The van der Waals surface area contributed by atoms with Crippen molar-refractivity contribution < 1.29 is 32.9 Å². The van der Waals surface area contributed by atoms with Crippen molar-refractivity contribution in [1.82, 2.24) is 5.32 Å². The van der Waals surface area contributed by atoms with Crippen molar-refractivity contribution in [2.24, 2.45) is 0 Å². The van der Waals surface area contributed by atoms with Gasteiger partial charge in [-0.15, -0.1) is 0 Å². The molecule has 0 aliphatic carbocycles. The van der Waals surface area contributed by atoms with E-state index in [0.717, 1.165) is 38.5 Å². The summed E-state index contributed by atoms with van der Waals surface area (Å²) in [6, 6.07) is -0.862. The van der Waals surface area contributed by atoms with E-state index in [4.69, 9.17) is 9.05 Å². The maximum Gasteiger partial charge on any atom is 0.472 e. The van der Waals surface area contributed by atoms with Gasteiger partial charge in [0.05, 0.1) is 39.9 Å². The van der Waals surface area contributed by atoms with Gasteiger partial charge in [-0.2, -0.15) is 0 Å². The molecule has 0 aliphatic heterocycles. The number of carbonyl (C=O) groups is 1. The molecule has 0 rings (SSSR count). The summed E-state index contributed by atoms with van der Waals surface area (Å²) < 4.78 is 23.8. The van der Waals surface area contributed by atoms with Crippen LogP contribution in [0.5, 0.6) is 0 Å². The molecule has 3 N–H and O–H groups in total. The Bertz CT molecular complexity index is 1400. The predicted octanol–water partition coefficient (Wildman–Crippen LogP) is 23.8. The number of likely N-dealkylation sites (N-methyl/N-ethyl adjacent to an activating group) is 1. The molecule has 494 valence electrons. The largest absolute Gasteiger partial charge is 0.472 e. The smallest absolute Gasteiger partial charge is 0.387 e. The Kier molecular flexibility index (Phi) is 64.6. The first-order chi connectivity index (χ1) is 40.5. The molecule has 0 aliphatic rings. The molecule has 3 unspecified atom stereocenters. The molecule has 0 saturated heterocycles. The van der Waals surface area contributed by atoms with E-state index in [0.29, 0.717) is 17.4 Å². The van der Waals surface area contributed by atoms with Crippen LogP contribution in [0, 0.1) is 0 Å². The topological polar surface area (TPSA) is 105 Å². The highest BCUT2D eigenvalue weighted by Crippen LogP contribution is 2.43. The van der Waals surface area contributed by atoms with Gasteiger partial charge >= 0.3 is 7.82 Å². The van der Waals surface area contributed by atoms with E-state index in [-0.39, 0.29) is 19.1 Å². The summed E-state index contributed by atoms with van der Waals surface area (Å²) in [5.74, 6) is -0.177. The molecule has 83 heavy (non-hydrogen) atoms. The van der Waals surface area contributed by atoms with Gasteiger partial charge in [0.25, 0.3) is 0 Å². The van der Waals surface area contributed by atoms with Crippen molar-refractivity contribution in [3.8, 4) is 0 Å². The normalized spacial score (nSPS) is 13.7. The average Bonchev–Trinajstić information content (AvgIpc) is 3.49. The summed E-state index contributed by atoms with van der Waals surface area (Å²) in [4.78, 5) is 23.4. The summed E-state index contributed by atoms with van der Waals surface area (Å²) in [7, 11) is 1.58. The highest BCUT2D eigenvalue weighted by Gasteiger charge is 2.28. The predicted molar refractivity (Wildman–Crippen MR) is 365 cm³/mol. The first-order valence-corrected chi connectivity index (χ1v) is 38.7. The van der Waals surface area contributed by atoms with Crippen molar-refractivity contribution in [1.29, 1.82) is 0 Å². The highest BCUT2D eigenvalue weighted by atomic mass is 31.2.